The monoisotopic (exact) mass is 365 g/mol. The zero-order valence-electron chi connectivity index (χ0n) is 14.7. The van der Waals surface area contributed by atoms with Crippen molar-refractivity contribution in [1.29, 1.82) is 0 Å². The normalized spacial score (nSPS) is 11.2. The van der Waals surface area contributed by atoms with Crippen LogP contribution in [0.25, 0.3) is 0 Å². The highest BCUT2D eigenvalue weighted by atomic mass is 32.2. The first-order valence-electron chi connectivity index (χ1n) is 7.80. The number of ether oxygens (including phenoxy) is 2. The fourth-order valence-electron chi connectivity index (χ4n) is 1.81. The van der Waals surface area contributed by atoms with Crippen molar-refractivity contribution in [1.82, 2.24) is 4.31 Å². The number of benzene rings is 1. The molecule has 0 fully saturated rings. The van der Waals surface area contributed by atoms with Crippen molar-refractivity contribution in [3.05, 3.63) is 42.0 Å². The lowest BCUT2D eigenvalue weighted by atomic mass is 10.2. The third-order valence-corrected chi connectivity index (χ3v) is 5.01. The van der Waals surface area contributed by atoms with E-state index < -0.39 is 16.2 Å². The van der Waals surface area contributed by atoms with Gasteiger partial charge in [0.25, 0.3) is 0 Å². The molecule has 1 aromatic rings. The molecule has 0 saturated carbocycles. The number of sulfonamides is 1. The average Bonchev–Trinajstić information content (AvgIpc) is 2.60. The Morgan fingerprint density at radius 1 is 1.20 bits per heavy atom. The summed E-state index contributed by atoms with van der Waals surface area (Å²) in [6, 6.07) is 6.66. The van der Waals surface area contributed by atoms with Crippen LogP contribution in [0.5, 0.6) is 0 Å². The van der Waals surface area contributed by atoms with Crippen LogP contribution in [-0.4, -0.2) is 45.7 Å². The van der Waals surface area contributed by atoms with Crippen LogP contribution in [0.3, 0.4) is 0 Å². The number of hydrogen-bond acceptors (Lipinski definition) is 5. The van der Waals surface area contributed by atoms with Crippen LogP contribution in [0.2, 0.25) is 0 Å². The second-order valence-electron chi connectivity index (χ2n) is 5.09. The molecule has 25 heavy (non-hydrogen) atoms. The Bertz CT molecular complexity index is 742. The minimum Gasteiger partial charge on any atom is -0.438 e. The van der Waals surface area contributed by atoms with Gasteiger partial charge in [-0.2, -0.15) is 4.31 Å². The van der Waals surface area contributed by atoms with Gasteiger partial charge in [0.15, 0.2) is 6.61 Å². The number of carbonyl (C=O) groups excluding carboxylic acids is 1. The maximum absolute atomic E-state index is 12.8. The SMILES string of the molecule is CC/C=C/CN(CC#CCOC(=O)OC)S(=O)(=O)c1ccc(C)cc1. The third-order valence-electron chi connectivity index (χ3n) is 3.18. The molecule has 1 aromatic carbocycles. The molecule has 0 radical (unpaired) electrons. The summed E-state index contributed by atoms with van der Waals surface area (Å²) in [6.07, 6.45) is 3.67. The van der Waals surface area contributed by atoms with Gasteiger partial charge in [0, 0.05) is 6.54 Å². The van der Waals surface area contributed by atoms with Crippen LogP contribution in [0, 0.1) is 18.8 Å². The molecular weight excluding hydrogens is 342 g/mol. The van der Waals surface area contributed by atoms with Gasteiger partial charge in [0.1, 0.15) is 0 Å². The summed E-state index contributed by atoms with van der Waals surface area (Å²) < 4.78 is 35.8. The number of carbonyl (C=O) groups is 1. The maximum Gasteiger partial charge on any atom is 0.508 e. The summed E-state index contributed by atoms with van der Waals surface area (Å²) in [4.78, 5) is 11.0. The average molecular weight is 365 g/mol. The molecule has 0 saturated heterocycles. The van der Waals surface area contributed by atoms with E-state index in [0.29, 0.717) is 0 Å². The Hall–Kier alpha value is -2.30. The molecule has 0 aliphatic carbocycles. The summed E-state index contributed by atoms with van der Waals surface area (Å²) in [5, 5.41) is 0. The molecule has 0 aliphatic rings. The highest BCUT2D eigenvalue weighted by Crippen LogP contribution is 2.16. The Labute approximate surface area is 149 Å². The molecule has 6 nitrogen and oxygen atoms in total. The lowest BCUT2D eigenvalue weighted by molar-refractivity contribution is 0.0832. The molecule has 0 amide bonds. The highest BCUT2D eigenvalue weighted by Gasteiger charge is 2.22. The van der Waals surface area contributed by atoms with Crippen molar-refractivity contribution >= 4 is 16.2 Å². The number of hydrogen-bond donors (Lipinski definition) is 0. The van der Waals surface area contributed by atoms with Gasteiger partial charge in [0.2, 0.25) is 10.0 Å². The Kier molecular flexibility index (Phi) is 8.75. The summed E-state index contributed by atoms with van der Waals surface area (Å²) in [7, 11) is -2.46. The summed E-state index contributed by atoms with van der Waals surface area (Å²) in [5.41, 5.74) is 0.983. The van der Waals surface area contributed by atoms with Crippen molar-refractivity contribution < 1.29 is 22.7 Å². The molecular formula is C18H23NO5S. The molecule has 7 heteroatoms. The molecule has 0 bridgehead atoms. The summed E-state index contributed by atoms with van der Waals surface area (Å²) >= 11 is 0. The quantitative estimate of drug-likeness (QED) is 0.422. The fraction of sp³-hybridized carbons (Fsp3) is 0.389. The molecule has 0 spiro atoms. The van der Waals surface area contributed by atoms with Gasteiger partial charge < -0.3 is 9.47 Å². The second-order valence-corrected chi connectivity index (χ2v) is 7.02. The first-order chi connectivity index (χ1) is 11.9. The lowest BCUT2D eigenvalue weighted by Gasteiger charge is -2.18. The van der Waals surface area contributed by atoms with Crippen molar-refractivity contribution in [2.24, 2.45) is 0 Å². The summed E-state index contributed by atoms with van der Waals surface area (Å²) in [6.45, 7) is 3.92. The van der Waals surface area contributed by atoms with Gasteiger partial charge in [-0.3, -0.25) is 0 Å². The third kappa shape index (κ3) is 6.99. The molecule has 0 unspecified atom stereocenters. The number of rotatable bonds is 7. The van der Waals surface area contributed by atoms with Gasteiger partial charge in [0.05, 0.1) is 18.6 Å². The van der Waals surface area contributed by atoms with Crippen molar-refractivity contribution in [3.63, 3.8) is 0 Å². The van der Waals surface area contributed by atoms with E-state index >= 15 is 0 Å². The van der Waals surface area contributed by atoms with E-state index in [4.69, 9.17) is 0 Å². The number of aryl methyl sites for hydroxylation is 1. The van der Waals surface area contributed by atoms with Gasteiger partial charge in [-0.25, -0.2) is 13.2 Å². The number of methoxy groups -OCH3 is 1. The van der Waals surface area contributed by atoms with Crippen LogP contribution < -0.4 is 0 Å². The minimum absolute atomic E-state index is 0.00516. The molecule has 0 aliphatic heterocycles. The van der Waals surface area contributed by atoms with E-state index in [1.165, 1.54) is 11.4 Å². The van der Waals surface area contributed by atoms with E-state index in [9.17, 15) is 13.2 Å². The van der Waals surface area contributed by atoms with E-state index in [-0.39, 0.29) is 24.6 Å². The number of nitrogens with zero attached hydrogens (tertiary/aromatic N) is 1. The van der Waals surface area contributed by atoms with E-state index in [1.807, 2.05) is 19.9 Å². The van der Waals surface area contributed by atoms with Crippen LogP contribution in [0.4, 0.5) is 4.79 Å². The molecule has 0 N–H and O–H groups in total. The van der Waals surface area contributed by atoms with Gasteiger partial charge in [-0.05, 0) is 25.5 Å². The first kappa shape index (κ1) is 20.7. The van der Waals surface area contributed by atoms with Crippen molar-refractivity contribution in [2.45, 2.75) is 25.2 Å². The zero-order valence-corrected chi connectivity index (χ0v) is 15.5. The van der Waals surface area contributed by atoms with Crippen LogP contribution >= 0.6 is 0 Å². The van der Waals surface area contributed by atoms with Crippen LogP contribution in [0.15, 0.2) is 41.3 Å². The van der Waals surface area contributed by atoms with E-state index in [2.05, 4.69) is 21.3 Å². The topological polar surface area (TPSA) is 72.9 Å². The fourth-order valence-corrected chi connectivity index (χ4v) is 3.11. The minimum atomic E-state index is -3.66. The second kappa shape index (κ2) is 10.5. The Morgan fingerprint density at radius 2 is 1.88 bits per heavy atom. The van der Waals surface area contributed by atoms with E-state index in [1.54, 1.807) is 30.3 Å². The molecule has 0 heterocycles. The first-order valence-corrected chi connectivity index (χ1v) is 9.24. The van der Waals surface area contributed by atoms with E-state index in [0.717, 1.165) is 12.0 Å². The Morgan fingerprint density at radius 3 is 2.48 bits per heavy atom. The molecule has 0 atom stereocenters. The highest BCUT2D eigenvalue weighted by molar-refractivity contribution is 7.89. The van der Waals surface area contributed by atoms with Gasteiger partial charge in [-0.15, -0.1) is 0 Å². The van der Waals surface area contributed by atoms with Crippen LogP contribution in [-0.2, 0) is 19.5 Å². The summed E-state index contributed by atoms with van der Waals surface area (Å²) in [5.74, 6) is 5.31. The Balaban J connectivity index is 2.88. The predicted octanol–water partition coefficient (Wildman–Crippen LogP) is 2.74. The smallest absolute Gasteiger partial charge is 0.438 e. The molecule has 136 valence electrons. The molecule has 0 aromatic heterocycles. The van der Waals surface area contributed by atoms with Gasteiger partial charge >= 0.3 is 6.16 Å². The number of allylic oxidation sites excluding steroid dienone is 1. The largest absolute Gasteiger partial charge is 0.508 e. The van der Waals surface area contributed by atoms with Crippen molar-refractivity contribution in [2.75, 3.05) is 26.8 Å². The predicted molar refractivity (Wildman–Crippen MR) is 95.5 cm³/mol. The molecule has 1 rings (SSSR count). The lowest BCUT2D eigenvalue weighted by Crippen LogP contribution is -2.31. The zero-order chi connectivity index (χ0) is 18.7. The van der Waals surface area contributed by atoms with Crippen LogP contribution in [0.1, 0.15) is 18.9 Å². The maximum atomic E-state index is 12.8. The standard InChI is InChI=1S/C18H23NO5S/c1-4-5-6-13-19(14-7-8-15-24-18(20)23-3)25(21,22)17-11-9-16(2)10-12-17/h5-6,9-12H,4,13-15H2,1-3H3/b6-5+. The van der Waals surface area contributed by atoms with Gasteiger partial charge in [-0.1, -0.05) is 48.6 Å². The van der Waals surface area contributed by atoms with Crippen molar-refractivity contribution in [3.8, 4) is 11.8 Å².